The van der Waals surface area contributed by atoms with Crippen LogP contribution in [0.25, 0.3) is 0 Å². The van der Waals surface area contributed by atoms with Crippen LogP contribution in [-0.2, 0) is 16.1 Å². The Morgan fingerprint density at radius 2 is 2.50 bits per heavy atom. The van der Waals surface area contributed by atoms with E-state index < -0.39 is 0 Å². The van der Waals surface area contributed by atoms with Gasteiger partial charge in [0.15, 0.2) is 4.80 Å². The lowest BCUT2D eigenvalue weighted by atomic mass is 10.6. The van der Waals surface area contributed by atoms with Crippen molar-refractivity contribution in [1.29, 1.82) is 0 Å². The van der Waals surface area contributed by atoms with Crippen molar-refractivity contribution in [3.8, 4) is 0 Å². The molecule has 0 saturated heterocycles. The Morgan fingerprint density at radius 3 is 3.07 bits per heavy atom. The minimum absolute atomic E-state index is 0.227. The number of carbonyl (C=O) groups excluding carboxylic acids is 1. The van der Waals surface area contributed by atoms with E-state index in [2.05, 4.69) is 4.99 Å². The summed E-state index contributed by atoms with van der Waals surface area (Å²) in [6.07, 6.45) is 1.74. The Hall–Kier alpha value is -0.650. The monoisotopic (exact) mass is 234 g/mol. The van der Waals surface area contributed by atoms with Crippen LogP contribution in [0.5, 0.6) is 0 Å². The number of carbonyl (C=O) groups is 1. The average Bonchev–Trinajstić information content (AvgIpc) is 2.41. The number of aromatic nitrogens is 1. The summed E-state index contributed by atoms with van der Waals surface area (Å²) in [5, 5.41) is 0. The number of nitrogens with zero attached hydrogens (tertiary/aromatic N) is 2. The summed E-state index contributed by atoms with van der Waals surface area (Å²) in [6.45, 7) is 2.62. The summed E-state index contributed by atoms with van der Waals surface area (Å²) in [6, 6.07) is 0. The van der Waals surface area contributed by atoms with Crippen LogP contribution in [0.4, 0.5) is 0 Å². The van der Waals surface area contributed by atoms with Crippen molar-refractivity contribution in [1.82, 2.24) is 4.57 Å². The number of thiazole rings is 1. The van der Waals surface area contributed by atoms with E-state index in [0.717, 1.165) is 0 Å². The summed E-state index contributed by atoms with van der Waals surface area (Å²) < 4.78 is 7.34. The third kappa shape index (κ3) is 3.25. The van der Waals surface area contributed by atoms with Crippen molar-refractivity contribution in [2.24, 2.45) is 4.99 Å². The van der Waals surface area contributed by atoms with E-state index >= 15 is 0 Å². The van der Waals surface area contributed by atoms with Crippen molar-refractivity contribution in [3.63, 3.8) is 0 Å². The number of hydrogen-bond acceptors (Lipinski definition) is 3. The second kappa shape index (κ2) is 5.29. The first-order valence-electron chi connectivity index (χ1n) is 4.03. The SMILES string of the molecule is COCCn1cc(Cl)sc1=NC(C)=O. The molecule has 1 rings (SSSR count). The molecule has 4 nitrogen and oxygen atoms in total. The zero-order chi connectivity index (χ0) is 10.6. The summed E-state index contributed by atoms with van der Waals surface area (Å²) in [5.74, 6) is -0.227. The number of hydrogen-bond donors (Lipinski definition) is 0. The molecule has 6 heteroatoms. The van der Waals surface area contributed by atoms with E-state index in [1.54, 1.807) is 17.9 Å². The van der Waals surface area contributed by atoms with Crippen LogP contribution in [0.3, 0.4) is 0 Å². The number of halogens is 1. The molecule has 0 atom stereocenters. The van der Waals surface area contributed by atoms with Gasteiger partial charge in [0.2, 0.25) is 5.91 Å². The standard InChI is InChI=1S/C8H11ClN2O2S/c1-6(12)10-8-11(3-4-13-2)5-7(9)14-8/h5H,3-4H2,1-2H3. The molecule has 0 radical (unpaired) electrons. The molecule has 1 heterocycles. The van der Waals surface area contributed by atoms with Gasteiger partial charge in [-0.2, -0.15) is 4.99 Å². The molecule has 0 bridgehead atoms. The molecule has 0 fully saturated rings. The Kier molecular flexibility index (Phi) is 4.31. The normalized spacial score (nSPS) is 12.1. The third-order valence-electron chi connectivity index (χ3n) is 1.48. The zero-order valence-electron chi connectivity index (χ0n) is 7.99. The predicted octanol–water partition coefficient (Wildman–Crippen LogP) is 1.30. The highest BCUT2D eigenvalue weighted by Crippen LogP contribution is 2.10. The molecule has 1 aromatic heterocycles. The van der Waals surface area contributed by atoms with E-state index in [0.29, 0.717) is 22.3 Å². The minimum atomic E-state index is -0.227. The Morgan fingerprint density at radius 1 is 1.79 bits per heavy atom. The van der Waals surface area contributed by atoms with E-state index in [4.69, 9.17) is 16.3 Å². The van der Waals surface area contributed by atoms with Crippen molar-refractivity contribution in [2.75, 3.05) is 13.7 Å². The second-order valence-corrected chi connectivity index (χ2v) is 4.28. The summed E-state index contributed by atoms with van der Waals surface area (Å²) >= 11 is 7.09. The van der Waals surface area contributed by atoms with E-state index in [9.17, 15) is 4.79 Å². The molecule has 0 aliphatic carbocycles. The first kappa shape index (κ1) is 11.4. The predicted molar refractivity (Wildman–Crippen MR) is 55.4 cm³/mol. The van der Waals surface area contributed by atoms with Crippen LogP contribution in [0.2, 0.25) is 4.34 Å². The first-order valence-corrected chi connectivity index (χ1v) is 5.23. The number of amides is 1. The van der Waals surface area contributed by atoms with Gasteiger partial charge in [0, 0.05) is 26.8 Å². The molecule has 78 valence electrons. The maximum absolute atomic E-state index is 10.8. The fourth-order valence-corrected chi connectivity index (χ4v) is 2.04. The molecule has 1 aromatic rings. The average molecular weight is 235 g/mol. The number of methoxy groups -OCH3 is 1. The van der Waals surface area contributed by atoms with Crippen LogP contribution >= 0.6 is 22.9 Å². The molecular weight excluding hydrogens is 224 g/mol. The van der Waals surface area contributed by atoms with Crippen LogP contribution in [0, 0.1) is 0 Å². The lowest BCUT2D eigenvalue weighted by molar-refractivity contribution is -0.116. The van der Waals surface area contributed by atoms with Crippen LogP contribution < -0.4 is 4.80 Å². The lowest BCUT2D eigenvalue weighted by Gasteiger charge is -1.99. The molecule has 0 unspecified atom stereocenters. The molecule has 0 aliphatic heterocycles. The quantitative estimate of drug-likeness (QED) is 0.791. The van der Waals surface area contributed by atoms with Crippen LogP contribution in [0.1, 0.15) is 6.92 Å². The Bertz CT molecular complexity index is 383. The van der Waals surface area contributed by atoms with Gasteiger partial charge < -0.3 is 9.30 Å². The van der Waals surface area contributed by atoms with Crippen LogP contribution in [0.15, 0.2) is 11.2 Å². The molecule has 0 N–H and O–H groups in total. The summed E-state index contributed by atoms with van der Waals surface area (Å²) in [4.78, 5) is 15.2. The molecule has 0 aromatic carbocycles. The topological polar surface area (TPSA) is 43.6 Å². The van der Waals surface area contributed by atoms with Gasteiger partial charge in [-0.3, -0.25) is 4.79 Å². The second-order valence-electron chi connectivity index (χ2n) is 2.63. The van der Waals surface area contributed by atoms with Crippen molar-refractivity contribution in [3.05, 3.63) is 15.3 Å². The van der Waals surface area contributed by atoms with E-state index in [1.807, 2.05) is 0 Å². The van der Waals surface area contributed by atoms with Gasteiger partial charge in [-0.15, -0.1) is 0 Å². The molecular formula is C8H11ClN2O2S. The lowest BCUT2D eigenvalue weighted by Crippen LogP contribution is -2.17. The maximum atomic E-state index is 10.8. The van der Waals surface area contributed by atoms with Gasteiger partial charge in [0.25, 0.3) is 0 Å². The Balaban J connectivity index is 2.97. The highest BCUT2D eigenvalue weighted by molar-refractivity contribution is 7.13. The van der Waals surface area contributed by atoms with Gasteiger partial charge in [-0.1, -0.05) is 22.9 Å². The molecule has 14 heavy (non-hydrogen) atoms. The molecule has 0 saturated carbocycles. The first-order chi connectivity index (χ1) is 6.63. The highest BCUT2D eigenvalue weighted by Gasteiger charge is 2.00. The van der Waals surface area contributed by atoms with Gasteiger partial charge >= 0.3 is 0 Å². The smallest absolute Gasteiger partial charge is 0.245 e. The summed E-state index contributed by atoms with van der Waals surface area (Å²) in [7, 11) is 1.62. The van der Waals surface area contributed by atoms with E-state index in [-0.39, 0.29) is 5.91 Å². The van der Waals surface area contributed by atoms with E-state index in [1.165, 1.54) is 18.3 Å². The van der Waals surface area contributed by atoms with Gasteiger partial charge in [0.05, 0.1) is 6.61 Å². The Labute approximate surface area is 90.8 Å². The van der Waals surface area contributed by atoms with Gasteiger partial charge in [-0.25, -0.2) is 0 Å². The zero-order valence-corrected chi connectivity index (χ0v) is 9.56. The third-order valence-corrected chi connectivity index (χ3v) is 2.62. The largest absolute Gasteiger partial charge is 0.383 e. The van der Waals surface area contributed by atoms with Crippen molar-refractivity contribution >= 4 is 28.8 Å². The molecule has 0 spiro atoms. The summed E-state index contributed by atoms with van der Waals surface area (Å²) in [5.41, 5.74) is 0. The van der Waals surface area contributed by atoms with Crippen LogP contribution in [-0.4, -0.2) is 24.2 Å². The number of ether oxygens (including phenoxy) is 1. The number of rotatable bonds is 3. The fourth-order valence-electron chi connectivity index (χ4n) is 0.921. The van der Waals surface area contributed by atoms with Gasteiger partial charge in [-0.05, 0) is 0 Å². The fraction of sp³-hybridized carbons (Fsp3) is 0.500. The van der Waals surface area contributed by atoms with Crippen molar-refractivity contribution < 1.29 is 9.53 Å². The minimum Gasteiger partial charge on any atom is -0.383 e. The molecule has 1 amide bonds. The van der Waals surface area contributed by atoms with Gasteiger partial charge in [0.1, 0.15) is 4.34 Å². The highest BCUT2D eigenvalue weighted by atomic mass is 35.5. The molecule has 0 aliphatic rings. The van der Waals surface area contributed by atoms with Crippen molar-refractivity contribution in [2.45, 2.75) is 13.5 Å². The maximum Gasteiger partial charge on any atom is 0.245 e.